The van der Waals surface area contributed by atoms with Gasteiger partial charge in [-0.15, -0.1) is 5.10 Å². The van der Waals surface area contributed by atoms with E-state index in [1.807, 2.05) is 12.1 Å². The summed E-state index contributed by atoms with van der Waals surface area (Å²) in [4.78, 5) is 23.7. The van der Waals surface area contributed by atoms with Gasteiger partial charge < -0.3 is 4.74 Å². The lowest BCUT2D eigenvalue weighted by atomic mass is 9.92. The van der Waals surface area contributed by atoms with Crippen LogP contribution in [-0.4, -0.2) is 21.9 Å². The Balaban J connectivity index is 1.86. The third kappa shape index (κ3) is 3.52. The summed E-state index contributed by atoms with van der Waals surface area (Å²) in [7, 11) is 0. The van der Waals surface area contributed by atoms with E-state index in [2.05, 4.69) is 10.2 Å². The minimum atomic E-state index is -0.661. The summed E-state index contributed by atoms with van der Waals surface area (Å²) in [5.41, 5.74) is 0.932. The van der Waals surface area contributed by atoms with Gasteiger partial charge in [-0.3, -0.25) is 4.79 Å². The fraction of sp³-hybridized carbons (Fsp3) is 0.0588. The average molecular weight is 327 g/mol. The third-order valence-electron chi connectivity index (χ3n) is 3.27. The third-order valence-corrected chi connectivity index (χ3v) is 3.52. The molecule has 2 aromatic rings. The Kier molecular flexibility index (Phi) is 4.30. The molecule has 1 aliphatic rings. The SMILES string of the molecule is O=C1C=CC(c2ccc(Cl)cc2)C(OC(=O)c2cccnn2)=C1. The monoisotopic (exact) mass is 326 g/mol. The van der Waals surface area contributed by atoms with Crippen LogP contribution in [0.3, 0.4) is 0 Å². The number of hydrogen-bond acceptors (Lipinski definition) is 5. The molecule has 0 spiro atoms. The smallest absolute Gasteiger partial charge is 0.363 e. The minimum Gasteiger partial charge on any atom is -0.425 e. The van der Waals surface area contributed by atoms with E-state index in [4.69, 9.17) is 16.3 Å². The van der Waals surface area contributed by atoms with Crippen LogP contribution in [0.1, 0.15) is 22.0 Å². The molecule has 0 bridgehead atoms. The molecule has 1 aliphatic carbocycles. The quantitative estimate of drug-likeness (QED) is 0.811. The van der Waals surface area contributed by atoms with Crippen LogP contribution in [0.25, 0.3) is 0 Å². The van der Waals surface area contributed by atoms with Crippen molar-refractivity contribution >= 4 is 23.4 Å². The van der Waals surface area contributed by atoms with Gasteiger partial charge in [0.1, 0.15) is 5.76 Å². The first-order chi connectivity index (χ1) is 11.1. The number of ether oxygens (including phenoxy) is 1. The fourth-order valence-corrected chi connectivity index (χ4v) is 2.30. The Morgan fingerprint density at radius 2 is 1.96 bits per heavy atom. The molecular formula is C17H11ClN2O3. The van der Waals surface area contributed by atoms with Gasteiger partial charge in [0.15, 0.2) is 11.5 Å². The van der Waals surface area contributed by atoms with E-state index in [0.717, 1.165) is 5.56 Å². The Hall–Kier alpha value is -2.79. The number of esters is 1. The maximum atomic E-state index is 12.1. The Bertz CT molecular complexity index is 798. The van der Waals surface area contributed by atoms with Crippen molar-refractivity contribution in [1.29, 1.82) is 0 Å². The second-order valence-corrected chi connectivity index (χ2v) is 5.27. The van der Waals surface area contributed by atoms with Crippen molar-refractivity contribution in [2.75, 3.05) is 0 Å². The lowest BCUT2D eigenvalue weighted by Crippen LogP contribution is -2.15. The molecule has 114 valence electrons. The van der Waals surface area contributed by atoms with Crippen molar-refractivity contribution in [2.45, 2.75) is 5.92 Å². The van der Waals surface area contributed by atoms with Crippen LogP contribution in [0.5, 0.6) is 0 Å². The van der Waals surface area contributed by atoms with Gasteiger partial charge in [-0.2, -0.15) is 5.10 Å². The van der Waals surface area contributed by atoms with Crippen molar-refractivity contribution < 1.29 is 14.3 Å². The van der Waals surface area contributed by atoms with Gasteiger partial charge in [0, 0.05) is 17.3 Å². The van der Waals surface area contributed by atoms with Crippen LogP contribution >= 0.6 is 11.6 Å². The standard InChI is InChI=1S/C17H11ClN2O3/c18-12-5-3-11(4-6-12)14-8-7-13(21)10-16(14)23-17(22)15-2-1-9-19-20-15/h1-10,14H. The minimum absolute atomic E-state index is 0.0743. The topological polar surface area (TPSA) is 69.2 Å². The van der Waals surface area contributed by atoms with Gasteiger partial charge in [-0.25, -0.2) is 4.79 Å². The van der Waals surface area contributed by atoms with Crippen LogP contribution in [0.2, 0.25) is 5.02 Å². The highest BCUT2D eigenvalue weighted by Crippen LogP contribution is 2.30. The van der Waals surface area contributed by atoms with Gasteiger partial charge in [0.2, 0.25) is 0 Å². The zero-order valence-electron chi connectivity index (χ0n) is 11.8. The van der Waals surface area contributed by atoms with E-state index >= 15 is 0 Å². The van der Waals surface area contributed by atoms with Crippen LogP contribution in [0.15, 0.2) is 66.6 Å². The Morgan fingerprint density at radius 3 is 2.65 bits per heavy atom. The summed E-state index contributed by atoms with van der Waals surface area (Å²) < 4.78 is 5.36. The van der Waals surface area contributed by atoms with Gasteiger partial charge >= 0.3 is 5.97 Å². The van der Waals surface area contributed by atoms with Gasteiger partial charge in [0.05, 0.1) is 5.92 Å². The second-order valence-electron chi connectivity index (χ2n) is 4.84. The molecule has 1 heterocycles. The summed E-state index contributed by atoms with van der Waals surface area (Å²) in [5, 5.41) is 7.94. The number of carbonyl (C=O) groups excluding carboxylic acids is 2. The van der Waals surface area contributed by atoms with E-state index < -0.39 is 5.97 Å². The van der Waals surface area contributed by atoms with E-state index in [9.17, 15) is 9.59 Å². The second kappa shape index (κ2) is 6.54. The molecule has 5 nitrogen and oxygen atoms in total. The van der Waals surface area contributed by atoms with Gasteiger partial charge in [0.25, 0.3) is 0 Å². The summed E-state index contributed by atoms with van der Waals surface area (Å²) >= 11 is 5.89. The highest BCUT2D eigenvalue weighted by molar-refractivity contribution is 6.30. The lowest BCUT2D eigenvalue weighted by Gasteiger charge is -2.19. The predicted molar refractivity (Wildman–Crippen MR) is 83.9 cm³/mol. The zero-order valence-corrected chi connectivity index (χ0v) is 12.6. The number of rotatable bonds is 3. The Morgan fingerprint density at radius 1 is 1.17 bits per heavy atom. The van der Waals surface area contributed by atoms with Crippen LogP contribution in [0, 0.1) is 0 Å². The maximum absolute atomic E-state index is 12.1. The van der Waals surface area contributed by atoms with Crippen LogP contribution in [0.4, 0.5) is 0 Å². The van der Waals surface area contributed by atoms with Gasteiger partial charge in [-0.05, 0) is 35.9 Å². The van der Waals surface area contributed by atoms with Crippen LogP contribution in [-0.2, 0) is 9.53 Å². The molecule has 0 N–H and O–H groups in total. The molecule has 0 amide bonds. The summed E-state index contributed by atoms with van der Waals surface area (Å²) in [6.07, 6.45) is 5.89. The number of benzene rings is 1. The molecule has 0 aliphatic heterocycles. The first-order valence-corrected chi connectivity index (χ1v) is 7.20. The molecule has 6 heteroatoms. The van der Waals surface area contributed by atoms with E-state index in [1.165, 1.54) is 24.4 Å². The molecule has 0 saturated heterocycles. The molecule has 0 fully saturated rings. The van der Waals surface area contributed by atoms with E-state index in [1.54, 1.807) is 24.3 Å². The molecule has 1 atom stereocenters. The summed E-state index contributed by atoms with van der Waals surface area (Å²) in [5.74, 6) is -0.996. The fourth-order valence-electron chi connectivity index (χ4n) is 2.17. The number of hydrogen-bond donors (Lipinski definition) is 0. The summed E-state index contributed by atoms with van der Waals surface area (Å²) in [6, 6.07) is 10.2. The van der Waals surface area contributed by atoms with E-state index in [0.29, 0.717) is 5.02 Å². The Labute approximate surface area is 137 Å². The van der Waals surface area contributed by atoms with Crippen molar-refractivity contribution in [2.24, 2.45) is 0 Å². The molecule has 1 aromatic carbocycles. The highest BCUT2D eigenvalue weighted by Gasteiger charge is 2.23. The number of halogens is 1. The molecule has 23 heavy (non-hydrogen) atoms. The molecule has 1 aromatic heterocycles. The van der Waals surface area contributed by atoms with Crippen molar-refractivity contribution in [3.63, 3.8) is 0 Å². The first-order valence-electron chi connectivity index (χ1n) is 6.82. The van der Waals surface area contributed by atoms with Crippen molar-refractivity contribution in [3.05, 3.63) is 82.9 Å². The number of allylic oxidation sites excluding steroid dienone is 3. The highest BCUT2D eigenvalue weighted by atomic mass is 35.5. The van der Waals surface area contributed by atoms with E-state index in [-0.39, 0.29) is 23.2 Å². The predicted octanol–water partition coefficient (Wildman–Crippen LogP) is 3.09. The molecule has 3 rings (SSSR count). The number of carbonyl (C=O) groups is 2. The molecule has 0 radical (unpaired) electrons. The largest absolute Gasteiger partial charge is 0.425 e. The molecule has 1 unspecified atom stereocenters. The molecular weight excluding hydrogens is 316 g/mol. The maximum Gasteiger partial charge on any atom is 0.363 e. The van der Waals surface area contributed by atoms with Crippen LogP contribution < -0.4 is 0 Å². The number of aromatic nitrogens is 2. The van der Waals surface area contributed by atoms with Crippen molar-refractivity contribution in [1.82, 2.24) is 10.2 Å². The lowest BCUT2D eigenvalue weighted by molar-refractivity contribution is -0.110. The zero-order chi connectivity index (χ0) is 16.2. The average Bonchev–Trinajstić information content (AvgIpc) is 2.57. The normalized spacial score (nSPS) is 16.8. The molecule has 0 saturated carbocycles. The van der Waals surface area contributed by atoms with Crippen molar-refractivity contribution in [3.8, 4) is 0 Å². The van der Waals surface area contributed by atoms with Gasteiger partial charge in [-0.1, -0.05) is 29.8 Å². The number of ketones is 1. The summed E-state index contributed by atoms with van der Waals surface area (Å²) in [6.45, 7) is 0. The first kappa shape index (κ1) is 15.1. The number of nitrogens with zero attached hydrogens (tertiary/aromatic N) is 2.